The summed E-state index contributed by atoms with van der Waals surface area (Å²) in [7, 11) is 0. The molecule has 63 heavy (non-hydrogen) atoms. The van der Waals surface area contributed by atoms with Gasteiger partial charge in [0.2, 0.25) is 17.7 Å². The summed E-state index contributed by atoms with van der Waals surface area (Å²) in [5.74, 6) is -0.0545. The number of aromatic nitrogens is 6. The lowest BCUT2D eigenvalue weighted by atomic mass is 9.89. The first-order chi connectivity index (χ1) is 30.7. The van der Waals surface area contributed by atoms with E-state index in [2.05, 4.69) is 57.5 Å². The zero-order chi connectivity index (χ0) is 43.0. The molecule has 4 amide bonds. The number of aryl methyl sites for hydroxylation is 1. The van der Waals surface area contributed by atoms with E-state index in [1.165, 1.54) is 21.6 Å². The molecule has 8 heterocycles. The third-order valence-electron chi connectivity index (χ3n) is 12.8. The number of hydrogen-bond donors (Lipinski definition) is 3. The molecule has 4 aliphatic heterocycles. The molecule has 18 heteroatoms. The summed E-state index contributed by atoms with van der Waals surface area (Å²) < 4.78 is 19.9. The summed E-state index contributed by atoms with van der Waals surface area (Å²) in [5, 5.41) is 16.0. The summed E-state index contributed by atoms with van der Waals surface area (Å²) in [6, 6.07) is 14.1. The van der Waals surface area contributed by atoms with Gasteiger partial charge in [0.1, 0.15) is 17.4 Å². The molecule has 0 bridgehead atoms. The SMILES string of the molecule is O=C1CCC(Nc2ccc(C3CCN(CC(=O)N4CCN(c5ccc(-c6ccc7cn(C(C(=O)Nc8nccs8)c8ncn9c8CCC9)nc7c6F)cn5)CC4)CC3)cc2)C(=O)N1. The first-order valence-electron chi connectivity index (χ1n) is 21.6. The fourth-order valence-corrected chi connectivity index (χ4v) is 9.84. The van der Waals surface area contributed by atoms with E-state index in [1.807, 2.05) is 35.2 Å². The third-order valence-corrected chi connectivity index (χ3v) is 13.5. The molecular formula is C45H47FN12O4S. The predicted molar refractivity (Wildman–Crippen MR) is 236 cm³/mol. The van der Waals surface area contributed by atoms with E-state index in [1.54, 1.807) is 36.4 Å². The van der Waals surface area contributed by atoms with Gasteiger partial charge >= 0.3 is 0 Å². The molecule has 3 fully saturated rings. The predicted octanol–water partition coefficient (Wildman–Crippen LogP) is 4.81. The number of halogens is 1. The van der Waals surface area contributed by atoms with Gasteiger partial charge in [-0.2, -0.15) is 5.10 Å². The Bertz CT molecular complexity index is 2650. The van der Waals surface area contributed by atoms with Gasteiger partial charge in [-0.25, -0.2) is 19.3 Å². The van der Waals surface area contributed by atoms with Crippen molar-refractivity contribution in [3.05, 3.63) is 102 Å². The quantitative estimate of drug-likeness (QED) is 0.153. The van der Waals surface area contributed by atoms with E-state index in [-0.39, 0.29) is 29.1 Å². The summed E-state index contributed by atoms with van der Waals surface area (Å²) in [6.45, 7) is 5.39. The number of nitrogens with zero attached hydrogens (tertiary/aromatic N) is 9. The van der Waals surface area contributed by atoms with Crippen molar-refractivity contribution in [2.75, 3.05) is 61.3 Å². The van der Waals surface area contributed by atoms with E-state index in [4.69, 9.17) is 4.98 Å². The number of rotatable bonds is 11. The molecule has 2 aromatic carbocycles. The van der Waals surface area contributed by atoms with Gasteiger partial charge in [0, 0.05) is 91.0 Å². The highest BCUT2D eigenvalue weighted by Crippen LogP contribution is 2.33. The van der Waals surface area contributed by atoms with Crippen molar-refractivity contribution < 1.29 is 23.6 Å². The van der Waals surface area contributed by atoms with Crippen LogP contribution >= 0.6 is 11.3 Å². The van der Waals surface area contributed by atoms with Crippen molar-refractivity contribution in [3.63, 3.8) is 0 Å². The van der Waals surface area contributed by atoms with Crippen LogP contribution in [0.1, 0.15) is 61.0 Å². The second-order valence-corrected chi connectivity index (χ2v) is 17.6. The van der Waals surface area contributed by atoms with Gasteiger partial charge in [0.05, 0.1) is 18.6 Å². The van der Waals surface area contributed by atoms with Gasteiger partial charge in [0.25, 0.3) is 5.91 Å². The van der Waals surface area contributed by atoms with E-state index in [0.29, 0.717) is 78.8 Å². The number of likely N-dealkylation sites (tertiary alicyclic amines) is 1. The molecule has 0 radical (unpaired) electrons. The fourth-order valence-electron chi connectivity index (χ4n) is 9.31. The van der Waals surface area contributed by atoms with Crippen molar-refractivity contribution in [3.8, 4) is 11.1 Å². The number of imide groups is 1. The molecule has 4 aliphatic rings. The number of piperazine rings is 1. The maximum Gasteiger partial charge on any atom is 0.257 e. The number of benzene rings is 2. The normalized spacial score (nSPS) is 19.0. The highest BCUT2D eigenvalue weighted by Gasteiger charge is 2.33. The van der Waals surface area contributed by atoms with Crippen molar-refractivity contribution in [2.45, 2.75) is 63.1 Å². The van der Waals surface area contributed by atoms with Crippen molar-refractivity contribution in [2.24, 2.45) is 0 Å². The number of anilines is 3. The number of nitrogens with one attached hydrogen (secondary N) is 3. The minimum Gasteiger partial charge on any atom is -0.374 e. The number of amides is 4. The summed E-state index contributed by atoms with van der Waals surface area (Å²) >= 11 is 1.32. The highest BCUT2D eigenvalue weighted by molar-refractivity contribution is 7.13. The number of pyridine rings is 1. The zero-order valence-electron chi connectivity index (χ0n) is 34.6. The minimum absolute atomic E-state index is 0.133. The van der Waals surface area contributed by atoms with Crippen LogP contribution in [0.5, 0.6) is 0 Å². The summed E-state index contributed by atoms with van der Waals surface area (Å²) in [5.41, 5.74) is 4.79. The first kappa shape index (κ1) is 40.5. The van der Waals surface area contributed by atoms with Crippen LogP contribution in [0.3, 0.4) is 0 Å². The standard InChI is InChI=1S/C45H47FN12O4S/c46-39-33(9-5-31-25-58(53-40(31)39)42(44(62)52-45-47-15-23-63-45)41-35-2-1-16-57(35)27-49-41)30-6-11-36(48-24-30)55-19-21-56(22-20-55)38(60)26-54-17-13-29(14-18-54)28-3-7-32(8-4-28)50-34-10-12-37(59)51-43(34)61/h3-9,11,15,23-25,27,29,34,42,50H,1-2,10,12-14,16-22,26H2,(H,47,52,62)(H,51,59,61). The van der Waals surface area contributed by atoms with Crippen molar-refractivity contribution >= 4 is 62.5 Å². The molecule has 0 aliphatic carbocycles. The molecule has 2 unspecified atom stereocenters. The van der Waals surface area contributed by atoms with Gasteiger partial charge in [-0.05, 0) is 80.9 Å². The molecule has 10 rings (SSSR count). The van der Waals surface area contributed by atoms with Gasteiger partial charge in [0.15, 0.2) is 17.0 Å². The molecule has 0 spiro atoms. The molecule has 3 N–H and O–H groups in total. The largest absolute Gasteiger partial charge is 0.374 e. The Morgan fingerprint density at radius 3 is 2.48 bits per heavy atom. The lowest BCUT2D eigenvalue weighted by Gasteiger charge is -2.37. The minimum atomic E-state index is -0.913. The Kier molecular flexibility index (Phi) is 11.1. The molecular weight excluding hydrogens is 824 g/mol. The molecule has 0 saturated carbocycles. The van der Waals surface area contributed by atoms with Crippen LogP contribution in [0.15, 0.2) is 78.8 Å². The van der Waals surface area contributed by atoms with Crippen LogP contribution in [0.2, 0.25) is 0 Å². The Labute approximate surface area is 366 Å². The Morgan fingerprint density at radius 2 is 1.73 bits per heavy atom. The van der Waals surface area contributed by atoms with E-state index in [0.717, 1.165) is 62.5 Å². The maximum atomic E-state index is 16.3. The molecule has 324 valence electrons. The average molecular weight is 871 g/mol. The number of piperidine rings is 2. The van der Waals surface area contributed by atoms with E-state index in [9.17, 15) is 19.2 Å². The number of thiazole rings is 1. The number of fused-ring (bicyclic) bond motifs is 2. The molecule has 6 aromatic rings. The topological polar surface area (TPSA) is 176 Å². The lowest BCUT2D eigenvalue weighted by molar-refractivity contribution is -0.134. The smallest absolute Gasteiger partial charge is 0.257 e. The number of hydrogen-bond acceptors (Lipinski definition) is 12. The Balaban J connectivity index is 0.729. The van der Waals surface area contributed by atoms with E-state index >= 15 is 4.39 Å². The Morgan fingerprint density at radius 1 is 0.905 bits per heavy atom. The van der Waals surface area contributed by atoms with Crippen LogP contribution in [-0.4, -0.2) is 115 Å². The average Bonchev–Trinajstić information content (AvgIpc) is 4.14. The van der Waals surface area contributed by atoms with Crippen LogP contribution in [-0.2, 0) is 32.1 Å². The monoisotopic (exact) mass is 870 g/mol. The molecule has 3 saturated heterocycles. The molecule has 4 aromatic heterocycles. The highest BCUT2D eigenvalue weighted by atomic mass is 32.1. The van der Waals surface area contributed by atoms with Crippen molar-refractivity contribution in [1.82, 2.24) is 44.4 Å². The van der Waals surface area contributed by atoms with Crippen LogP contribution in [0, 0.1) is 5.82 Å². The van der Waals surface area contributed by atoms with Gasteiger partial charge in [-0.15, -0.1) is 11.3 Å². The zero-order valence-corrected chi connectivity index (χ0v) is 35.4. The van der Waals surface area contributed by atoms with Gasteiger partial charge < -0.3 is 19.7 Å². The third kappa shape index (κ3) is 8.39. The van der Waals surface area contributed by atoms with Crippen LogP contribution in [0.25, 0.3) is 22.0 Å². The molecule has 2 atom stereocenters. The fraction of sp³-hybridized carbons (Fsp3) is 0.378. The van der Waals surface area contributed by atoms with Crippen molar-refractivity contribution in [1.29, 1.82) is 0 Å². The molecule has 16 nitrogen and oxygen atoms in total. The van der Waals surface area contributed by atoms with Crippen LogP contribution < -0.4 is 20.9 Å². The second kappa shape index (κ2) is 17.3. The summed E-state index contributed by atoms with van der Waals surface area (Å²) in [6.07, 6.45) is 11.2. The summed E-state index contributed by atoms with van der Waals surface area (Å²) in [4.78, 5) is 70.6. The van der Waals surface area contributed by atoms with Gasteiger partial charge in [-0.3, -0.25) is 39.4 Å². The van der Waals surface area contributed by atoms with Gasteiger partial charge in [-0.1, -0.05) is 24.3 Å². The van der Waals surface area contributed by atoms with Crippen LogP contribution in [0.4, 0.5) is 21.0 Å². The maximum absolute atomic E-state index is 16.3. The number of carbonyl (C=O) groups excluding carboxylic acids is 4. The number of imidazole rings is 1. The van der Waals surface area contributed by atoms with E-state index < -0.39 is 17.9 Å². The Hall–Kier alpha value is -6.53. The first-order valence-corrected chi connectivity index (χ1v) is 22.5. The number of carbonyl (C=O) groups is 4. The second-order valence-electron chi connectivity index (χ2n) is 16.7. The lowest BCUT2D eigenvalue weighted by Crippen LogP contribution is -2.52.